The normalized spacial score (nSPS) is 12.4. The van der Waals surface area contributed by atoms with Crippen molar-refractivity contribution in [1.82, 2.24) is 24.1 Å². The summed E-state index contributed by atoms with van der Waals surface area (Å²) < 4.78 is 69.2. The van der Waals surface area contributed by atoms with Crippen molar-refractivity contribution in [3.63, 3.8) is 0 Å². The summed E-state index contributed by atoms with van der Waals surface area (Å²) in [4.78, 5) is 7.73. The molecule has 4 aromatic heterocycles. The van der Waals surface area contributed by atoms with Crippen molar-refractivity contribution in [3.8, 4) is 5.82 Å². The number of hydrogen-bond acceptors (Lipinski definition) is 5. The standard InChI is InChI=1S/C17H13F3N6O2S/c1-11-22-8-13-3-2-4-15(26(11)13)24-29(27,28)14-9-23-25(10-14)16-7-12(5-6-21-16)17(18,19)20/h2-10,24H,1H3. The van der Waals surface area contributed by atoms with E-state index in [0.29, 0.717) is 11.3 Å². The quantitative estimate of drug-likeness (QED) is 0.546. The summed E-state index contributed by atoms with van der Waals surface area (Å²) in [5.41, 5.74) is -0.214. The van der Waals surface area contributed by atoms with Crippen molar-refractivity contribution in [2.24, 2.45) is 0 Å². The number of fused-ring (bicyclic) bond motifs is 1. The van der Waals surface area contributed by atoms with E-state index in [0.717, 1.165) is 35.4 Å². The minimum Gasteiger partial charge on any atom is -0.282 e. The zero-order valence-electron chi connectivity index (χ0n) is 14.8. The Morgan fingerprint density at radius 3 is 2.66 bits per heavy atom. The van der Waals surface area contributed by atoms with Crippen LogP contribution in [-0.4, -0.2) is 32.6 Å². The molecule has 0 unspecified atom stereocenters. The monoisotopic (exact) mass is 422 g/mol. The lowest BCUT2D eigenvalue weighted by molar-refractivity contribution is -0.137. The van der Waals surface area contributed by atoms with Gasteiger partial charge in [-0.2, -0.15) is 18.3 Å². The molecule has 4 rings (SSSR count). The molecule has 1 N–H and O–H groups in total. The maximum atomic E-state index is 12.9. The van der Waals surface area contributed by atoms with Crippen LogP contribution in [-0.2, 0) is 16.2 Å². The van der Waals surface area contributed by atoms with Crippen LogP contribution in [0.4, 0.5) is 19.0 Å². The number of rotatable bonds is 4. The van der Waals surface area contributed by atoms with Crippen LogP contribution in [0.25, 0.3) is 11.3 Å². The Labute approximate surface area is 162 Å². The third kappa shape index (κ3) is 3.53. The Morgan fingerprint density at radius 2 is 1.90 bits per heavy atom. The molecule has 0 atom stereocenters. The zero-order chi connectivity index (χ0) is 20.8. The molecule has 0 amide bonds. The number of pyridine rings is 2. The van der Waals surface area contributed by atoms with Crippen molar-refractivity contribution < 1.29 is 21.6 Å². The molecule has 0 fully saturated rings. The molecule has 29 heavy (non-hydrogen) atoms. The largest absolute Gasteiger partial charge is 0.416 e. The highest BCUT2D eigenvalue weighted by Gasteiger charge is 2.31. The fraction of sp³-hybridized carbons (Fsp3) is 0.118. The highest BCUT2D eigenvalue weighted by molar-refractivity contribution is 7.92. The minimum absolute atomic E-state index is 0.158. The van der Waals surface area contributed by atoms with Gasteiger partial charge < -0.3 is 0 Å². The van der Waals surface area contributed by atoms with Crippen LogP contribution in [0.5, 0.6) is 0 Å². The number of alkyl halides is 3. The summed E-state index contributed by atoms with van der Waals surface area (Å²) >= 11 is 0. The van der Waals surface area contributed by atoms with Crippen LogP contribution in [0.1, 0.15) is 11.4 Å². The molecule has 0 spiro atoms. The SMILES string of the molecule is Cc1ncc2cccc(NS(=O)(=O)c3cnn(-c4cc(C(F)(F)F)ccn4)c3)n12. The second-order valence-corrected chi connectivity index (χ2v) is 7.79. The van der Waals surface area contributed by atoms with Gasteiger partial charge in [-0.05, 0) is 31.2 Å². The molecular formula is C17H13F3N6O2S. The van der Waals surface area contributed by atoms with E-state index in [1.807, 2.05) is 0 Å². The molecule has 0 saturated carbocycles. The zero-order valence-corrected chi connectivity index (χ0v) is 15.6. The van der Waals surface area contributed by atoms with E-state index >= 15 is 0 Å². The van der Waals surface area contributed by atoms with Gasteiger partial charge in [0, 0.05) is 6.20 Å². The van der Waals surface area contributed by atoms with Gasteiger partial charge in [-0.1, -0.05) is 6.07 Å². The average molecular weight is 422 g/mol. The molecular weight excluding hydrogens is 409 g/mol. The topological polar surface area (TPSA) is 94.2 Å². The van der Waals surface area contributed by atoms with Crippen LogP contribution >= 0.6 is 0 Å². The molecule has 4 aromatic rings. The lowest BCUT2D eigenvalue weighted by Crippen LogP contribution is -2.15. The molecule has 0 aliphatic carbocycles. The number of nitrogens with one attached hydrogen (secondary N) is 1. The van der Waals surface area contributed by atoms with E-state index in [4.69, 9.17) is 0 Å². The van der Waals surface area contributed by atoms with Gasteiger partial charge in [-0.25, -0.2) is 23.1 Å². The van der Waals surface area contributed by atoms with Crippen LogP contribution in [0.3, 0.4) is 0 Å². The third-order valence-corrected chi connectivity index (χ3v) is 5.45. The number of halogens is 3. The van der Waals surface area contributed by atoms with Crippen molar-refractivity contribution in [1.29, 1.82) is 0 Å². The first-order valence-electron chi connectivity index (χ1n) is 8.19. The Kier molecular flexibility index (Phi) is 4.30. The fourth-order valence-electron chi connectivity index (χ4n) is 2.77. The summed E-state index contributed by atoms with van der Waals surface area (Å²) in [6, 6.07) is 6.62. The van der Waals surface area contributed by atoms with E-state index in [9.17, 15) is 21.6 Å². The van der Waals surface area contributed by atoms with Crippen molar-refractivity contribution in [2.45, 2.75) is 18.0 Å². The number of hydrogen-bond donors (Lipinski definition) is 1. The average Bonchev–Trinajstić information content (AvgIpc) is 3.30. The molecule has 0 aliphatic heterocycles. The van der Waals surface area contributed by atoms with Gasteiger partial charge in [0.25, 0.3) is 10.0 Å². The number of aryl methyl sites for hydroxylation is 1. The molecule has 4 heterocycles. The Balaban J connectivity index is 1.68. The summed E-state index contributed by atoms with van der Waals surface area (Å²) in [6.45, 7) is 1.72. The first-order chi connectivity index (χ1) is 13.6. The Morgan fingerprint density at radius 1 is 1.10 bits per heavy atom. The van der Waals surface area contributed by atoms with E-state index < -0.39 is 21.8 Å². The number of sulfonamides is 1. The van der Waals surface area contributed by atoms with E-state index in [1.165, 1.54) is 0 Å². The number of anilines is 1. The van der Waals surface area contributed by atoms with Gasteiger partial charge in [0.15, 0.2) is 5.82 Å². The third-order valence-electron chi connectivity index (χ3n) is 4.14. The van der Waals surface area contributed by atoms with E-state index in [2.05, 4.69) is 19.8 Å². The van der Waals surface area contributed by atoms with Gasteiger partial charge in [0.05, 0.1) is 29.7 Å². The maximum absolute atomic E-state index is 12.9. The number of nitrogens with zero attached hydrogens (tertiary/aromatic N) is 5. The summed E-state index contributed by atoms with van der Waals surface area (Å²) in [5, 5.41) is 3.84. The predicted octanol–water partition coefficient (Wildman–Crippen LogP) is 3.04. The molecule has 0 aliphatic rings. The Hall–Kier alpha value is -3.41. The Bertz CT molecular complexity index is 1310. The van der Waals surface area contributed by atoms with Gasteiger partial charge in [0.1, 0.15) is 16.5 Å². The molecule has 0 bridgehead atoms. The summed E-state index contributed by atoms with van der Waals surface area (Å²) in [5.74, 6) is 0.693. The van der Waals surface area contributed by atoms with Gasteiger partial charge in [-0.3, -0.25) is 9.12 Å². The van der Waals surface area contributed by atoms with Crippen LogP contribution in [0, 0.1) is 6.92 Å². The second-order valence-electron chi connectivity index (χ2n) is 6.10. The fourth-order valence-corrected chi connectivity index (χ4v) is 3.75. The van der Waals surface area contributed by atoms with Crippen molar-refractivity contribution in [2.75, 3.05) is 4.72 Å². The molecule has 8 nitrogen and oxygen atoms in total. The summed E-state index contributed by atoms with van der Waals surface area (Å²) in [6.07, 6.45) is 0.152. The highest BCUT2D eigenvalue weighted by Crippen LogP contribution is 2.29. The van der Waals surface area contributed by atoms with Gasteiger partial charge >= 0.3 is 6.18 Å². The lowest BCUT2D eigenvalue weighted by Gasteiger charge is -2.10. The minimum atomic E-state index is -4.55. The van der Waals surface area contributed by atoms with Crippen LogP contribution in [0.15, 0.2) is 60.0 Å². The van der Waals surface area contributed by atoms with Crippen LogP contribution < -0.4 is 4.72 Å². The molecule has 0 aromatic carbocycles. The smallest absolute Gasteiger partial charge is 0.282 e. The van der Waals surface area contributed by atoms with Crippen molar-refractivity contribution in [3.05, 3.63) is 66.5 Å². The molecule has 150 valence electrons. The van der Waals surface area contributed by atoms with E-state index in [-0.39, 0.29) is 16.5 Å². The number of imidazole rings is 1. The molecule has 12 heteroatoms. The predicted molar refractivity (Wildman–Crippen MR) is 97.1 cm³/mol. The first-order valence-corrected chi connectivity index (χ1v) is 9.68. The van der Waals surface area contributed by atoms with Gasteiger partial charge in [-0.15, -0.1) is 0 Å². The van der Waals surface area contributed by atoms with Gasteiger partial charge in [0.2, 0.25) is 0 Å². The first kappa shape index (κ1) is 18.9. The van der Waals surface area contributed by atoms with Crippen molar-refractivity contribution >= 4 is 21.4 Å². The highest BCUT2D eigenvalue weighted by atomic mass is 32.2. The maximum Gasteiger partial charge on any atom is 0.416 e. The summed E-state index contributed by atoms with van der Waals surface area (Å²) in [7, 11) is -4.06. The lowest BCUT2D eigenvalue weighted by atomic mass is 10.2. The van der Waals surface area contributed by atoms with Crippen LogP contribution in [0.2, 0.25) is 0 Å². The molecule has 0 radical (unpaired) electrons. The van der Waals surface area contributed by atoms with E-state index in [1.54, 1.807) is 35.7 Å². The number of aromatic nitrogens is 5. The second kappa shape index (κ2) is 6.58. The molecule has 0 saturated heterocycles.